The maximum atomic E-state index is 13.3. The molecule has 4 N–H and O–H groups in total. The highest BCUT2D eigenvalue weighted by Gasteiger charge is 2.14. The second-order valence-corrected chi connectivity index (χ2v) is 4.72. The van der Waals surface area contributed by atoms with Gasteiger partial charge in [0.25, 0.3) is 0 Å². The third-order valence-corrected chi connectivity index (χ3v) is 3.26. The van der Waals surface area contributed by atoms with Gasteiger partial charge in [-0.05, 0) is 31.0 Å². The van der Waals surface area contributed by atoms with Crippen LogP contribution in [0.3, 0.4) is 0 Å². The lowest BCUT2D eigenvalue weighted by Gasteiger charge is -2.12. The van der Waals surface area contributed by atoms with E-state index in [1.165, 1.54) is 25.0 Å². The number of aliphatic imine (C=N–C) groups is 1. The van der Waals surface area contributed by atoms with Gasteiger partial charge in [-0.15, -0.1) is 0 Å². The highest BCUT2D eigenvalue weighted by Crippen LogP contribution is 2.22. The fourth-order valence-corrected chi connectivity index (χ4v) is 2.15. The molecule has 18 heavy (non-hydrogen) atoms. The Morgan fingerprint density at radius 3 is 2.72 bits per heavy atom. The molecule has 6 heteroatoms. The molecule has 1 aromatic carbocycles. The lowest BCUT2D eigenvalue weighted by molar-refractivity contribution is 0.629. The van der Waals surface area contributed by atoms with Crippen molar-refractivity contribution in [2.75, 3.05) is 5.32 Å². The summed E-state index contributed by atoms with van der Waals surface area (Å²) in [5.41, 5.74) is 3.06. The molecular formula is C12H16ClFN4. The van der Waals surface area contributed by atoms with E-state index in [9.17, 15) is 4.39 Å². The first-order valence-electron chi connectivity index (χ1n) is 5.95. The highest BCUT2D eigenvalue weighted by atomic mass is 35.5. The van der Waals surface area contributed by atoms with Crippen molar-refractivity contribution in [2.45, 2.75) is 31.7 Å². The van der Waals surface area contributed by atoms with Crippen LogP contribution in [0.2, 0.25) is 5.02 Å². The van der Waals surface area contributed by atoms with E-state index in [-0.39, 0.29) is 5.02 Å². The van der Waals surface area contributed by atoms with Crippen LogP contribution in [-0.4, -0.2) is 12.0 Å². The third-order valence-electron chi connectivity index (χ3n) is 2.96. The van der Waals surface area contributed by atoms with Crippen LogP contribution in [-0.2, 0) is 0 Å². The average molecular weight is 271 g/mol. The van der Waals surface area contributed by atoms with Gasteiger partial charge >= 0.3 is 0 Å². The normalized spacial score (nSPS) is 16.9. The predicted octanol–water partition coefficient (Wildman–Crippen LogP) is 2.65. The molecule has 0 radical (unpaired) electrons. The van der Waals surface area contributed by atoms with Crippen LogP contribution in [0.4, 0.5) is 10.1 Å². The standard InChI is InChI=1S/C12H16ClFN4/c13-10-6-5-9(7-11(10)14)17-12(18-15)16-8-3-1-2-4-8/h5-8H,1-4,15H2,(H2,16,17,18). The molecule has 2 rings (SSSR count). The number of nitrogens with zero attached hydrogens (tertiary/aromatic N) is 1. The maximum absolute atomic E-state index is 13.3. The van der Waals surface area contributed by atoms with Gasteiger partial charge in [0, 0.05) is 5.69 Å². The lowest BCUT2D eigenvalue weighted by atomic mass is 10.3. The minimum Gasteiger partial charge on any atom is -0.325 e. The molecule has 0 aliphatic heterocycles. The van der Waals surface area contributed by atoms with Gasteiger partial charge in [0.2, 0.25) is 5.96 Å². The van der Waals surface area contributed by atoms with Gasteiger partial charge in [0.15, 0.2) is 0 Å². The second kappa shape index (κ2) is 6.02. The van der Waals surface area contributed by atoms with Gasteiger partial charge in [0.05, 0.1) is 11.1 Å². The van der Waals surface area contributed by atoms with Crippen molar-refractivity contribution in [1.82, 2.24) is 5.43 Å². The molecule has 1 aromatic rings. The van der Waals surface area contributed by atoms with E-state index >= 15 is 0 Å². The van der Waals surface area contributed by atoms with Crippen LogP contribution in [0, 0.1) is 5.82 Å². The molecule has 0 unspecified atom stereocenters. The third kappa shape index (κ3) is 3.34. The van der Waals surface area contributed by atoms with E-state index in [0.29, 0.717) is 17.7 Å². The zero-order valence-electron chi connectivity index (χ0n) is 9.92. The molecule has 0 bridgehead atoms. The maximum Gasteiger partial charge on any atom is 0.210 e. The van der Waals surface area contributed by atoms with Gasteiger partial charge in [0.1, 0.15) is 5.82 Å². The van der Waals surface area contributed by atoms with Crippen molar-refractivity contribution in [3.63, 3.8) is 0 Å². The molecule has 0 saturated heterocycles. The zero-order valence-corrected chi connectivity index (χ0v) is 10.7. The number of hydrazine groups is 1. The zero-order chi connectivity index (χ0) is 13.0. The summed E-state index contributed by atoms with van der Waals surface area (Å²) in [5.74, 6) is 5.38. The number of hydrogen-bond donors (Lipinski definition) is 3. The summed E-state index contributed by atoms with van der Waals surface area (Å²) in [6, 6.07) is 4.76. The molecule has 0 atom stereocenters. The summed E-state index contributed by atoms with van der Waals surface area (Å²) in [6.07, 6.45) is 4.53. The van der Waals surface area contributed by atoms with Gasteiger partial charge in [-0.2, -0.15) is 0 Å². The van der Waals surface area contributed by atoms with Crippen molar-refractivity contribution >= 4 is 23.2 Å². The molecule has 0 aromatic heterocycles. The van der Waals surface area contributed by atoms with Crippen LogP contribution in [0.1, 0.15) is 25.7 Å². The van der Waals surface area contributed by atoms with E-state index < -0.39 is 5.82 Å². The van der Waals surface area contributed by atoms with Crippen LogP contribution in [0.5, 0.6) is 0 Å². The Morgan fingerprint density at radius 1 is 1.39 bits per heavy atom. The number of hydrogen-bond acceptors (Lipinski definition) is 2. The summed E-state index contributed by atoms with van der Waals surface area (Å²) in [6.45, 7) is 0. The lowest BCUT2D eigenvalue weighted by Crippen LogP contribution is -2.37. The molecule has 4 nitrogen and oxygen atoms in total. The number of halogens is 2. The number of nitrogens with two attached hydrogens (primary N) is 1. The molecule has 0 spiro atoms. The molecule has 1 aliphatic carbocycles. The Kier molecular flexibility index (Phi) is 4.38. The van der Waals surface area contributed by atoms with E-state index in [4.69, 9.17) is 17.4 Å². The first-order valence-corrected chi connectivity index (χ1v) is 6.33. The van der Waals surface area contributed by atoms with Crippen molar-refractivity contribution in [3.8, 4) is 0 Å². The van der Waals surface area contributed by atoms with E-state index in [1.807, 2.05) is 0 Å². The quantitative estimate of drug-likeness (QED) is 0.335. The average Bonchev–Trinajstić information content (AvgIpc) is 2.86. The van der Waals surface area contributed by atoms with Gasteiger partial charge in [-0.3, -0.25) is 5.43 Å². The minimum atomic E-state index is -0.473. The molecule has 1 saturated carbocycles. The monoisotopic (exact) mass is 270 g/mol. The predicted molar refractivity (Wildman–Crippen MR) is 72.0 cm³/mol. The van der Waals surface area contributed by atoms with Crippen LogP contribution in [0.25, 0.3) is 0 Å². The van der Waals surface area contributed by atoms with Gasteiger partial charge < -0.3 is 5.32 Å². The Labute approximate surface area is 110 Å². The summed E-state index contributed by atoms with van der Waals surface area (Å²) in [4.78, 5) is 4.46. The smallest absolute Gasteiger partial charge is 0.210 e. The molecule has 0 amide bonds. The largest absolute Gasteiger partial charge is 0.325 e. The van der Waals surface area contributed by atoms with E-state index in [2.05, 4.69) is 15.7 Å². The Bertz CT molecular complexity index is 444. The van der Waals surface area contributed by atoms with Crippen molar-refractivity contribution in [1.29, 1.82) is 0 Å². The first kappa shape index (κ1) is 13.1. The molecule has 98 valence electrons. The first-order chi connectivity index (χ1) is 8.69. The Balaban J connectivity index is 2.07. The van der Waals surface area contributed by atoms with Crippen LogP contribution in [0.15, 0.2) is 23.2 Å². The molecule has 0 heterocycles. The highest BCUT2D eigenvalue weighted by molar-refractivity contribution is 6.30. The molecule has 1 aliphatic rings. The fourth-order valence-electron chi connectivity index (χ4n) is 2.03. The van der Waals surface area contributed by atoms with E-state index in [1.54, 1.807) is 6.07 Å². The van der Waals surface area contributed by atoms with Crippen LogP contribution < -0.4 is 16.6 Å². The van der Waals surface area contributed by atoms with Gasteiger partial charge in [-0.25, -0.2) is 15.2 Å². The van der Waals surface area contributed by atoms with Gasteiger partial charge in [-0.1, -0.05) is 24.4 Å². The summed E-state index contributed by atoms with van der Waals surface area (Å²) < 4.78 is 13.3. The minimum absolute atomic E-state index is 0.0931. The van der Waals surface area contributed by atoms with Crippen molar-refractivity contribution < 1.29 is 4.39 Å². The SMILES string of the molecule is NNC(=NC1CCCC1)Nc1ccc(Cl)c(F)c1. The summed E-state index contributed by atoms with van der Waals surface area (Å²) in [5, 5.41) is 3.03. The fraction of sp³-hybridized carbons (Fsp3) is 0.417. The number of nitrogens with one attached hydrogen (secondary N) is 2. The molecular weight excluding hydrogens is 255 g/mol. The molecule has 1 fully saturated rings. The Hall–Kier alpha value is -1.33. The van der Waals surface area contributed by atoms with Crippen molar-refractivity contribution in [2.24, 2.45) is 10.8 Å². The second-order valence-electron chi connectivity index (χ2n) is 4.31. The van der Waals surface area contributed by atoms with E-state index in [0.717, 1.165) is 12.8 Å². The summed E-state index contributed by atoms with van der Waals surface area (Å²) >= 11 is 5.62. The number of rotatable bonds is 2. The number of anilines is 1. The summed E-state index contributed by atoms with van der Waals surface area (Å²) in [7, 11) is 0. The number of benzene rings is 1. The van der Waals surface area contributed by atoms with Crippen LogP contribution >= 0.6 is 11.6 Å². The Morgan fingerprint density at radius 2 is 2.11 bits per heavy atom. The number of guanidine groups is 1. The van der Waals surface area contributed by atoms with Crippen molar-refractivity contribution in [3.05, 3.63) is 29.0 Å². The topological polar surface area (TPSA) is 62.4 Å².